The molecule has 0 radical (unpaired) electrons. The molecule has 1 nitrogen and oxygen atoms in total. The van der Waals surface area contributed by atoms with Gasteiger partial charge in [-0.15, -0.1) is 0 Å². The zero-order valence-corrected chi connectivity index (χ0v) is 13.8. The fourth-order valence-corrected chi connectivity index (χ4v) is 5.49. The zero-order valence-electron chi connectivity index (χ0n) is 12.9. The smallest absolute Gasteiger partial charge is 0.0263 e. The molecule has 2 N–H and O–H groups in total. The largest absolute Gasteiger partial charge is 0.324 e. The van der Waals surface area contributed by atoms with Gasteiger partial charge in [0.15, 0.2) is 0 Å². The van der Waals surface area contributed by atoms with E-state index in [2.05, 4.69) is 79.7 Å². The summed E-state index contributed by atoms with van der Waals surface area (Å²) >= 11 is 0. The molecule has 0 bridgehead atoms. The van der Waals surface area contributed by atoms with Gasteiger partial charge >= 0.3 is 0 Å². The summed E-state index contributed by atoms with van der Waals surface area (Å²) in [7, 11) is -0.517. The van der Waals surface area contributed by atoms with E-state index in [-0.39, 0.29) is 6.04 Å². The minimum atomic E-state index is -0.517. The summed E-state index contributed by atoms with van der Waals surface area (Å²) in [6.45, 7) is 2.17. The average Bonchev–Trinajstić information content (AvgIpc) is 3.06. The average molecular weight is 307 g/mol. The monoisotopic (exact) mass is 307 g/mol. The third kappa shape index (κ3) is 3.06. The van der Waals surface area contributed by atoms with Crippen LogP contribution in [0.15, 0.2) is 83.7 Å². The normalized spacial score (nSPS) is 15.6. The Bertz CT molecular complexity index is 634. The second-order valence-corrected chi connectivity index (χ2v) is 7.72. The van der Waals surface area contributed by atoms with E-state index in [1.165, 1.54) is 21.5 Å². The fourth-order valence-electron chi connectivity index (χ4n) is 2.90. The zero-order chi connectivity index (χ0) is 15.4. The lowest BCUT2D eigenvalue weighted by Crippen LogP contribution is -2.23. The van der Waals surface area contributed by atoms with E-state index in [1.54, 1.807) is 0 Å². The van der Waals surface area contributed by atoms with Crippen LogP contribution in [0, 0.1) is 0 Å². The number of nitrogens with two attached hydrogens (primary N) is 1. The summed E-state index contributed by atoms with van der Waals surface area (Å²) < 4.78 is 0. The predicted molar refractivity (Wildman–Crippen MR) is 98.1 cm³/mol. The summed E-state index contributed by atoms with van der Waals surface area (Å²) in [5.74, 6) is 0. The summed E-state index contributed by atoms with van der Waals surface area (Å²) in [4.78, 5) is 0. The molecule has 0 saturated heterocycles. The van der Waals surface area contributed by atoms with Crippen LogP contribution in [0.25, 0.3) is 0 Å². The van der Waals surface area contributed by atoms with Gasteiger partial charge in [-0.05, 0) is 42.3 Å². The molecule has 1 aliphatic carbocycles. The van der Waals surface area contributed by atoms with Gasteiger partial charge in [-0.2, -0.15) is 0 Å². The molecular formula is C20H22NP. The van der Waals surface area contributed by atoms with Crippen LogP contribution in [-0.4, -0.2) is 6.04 Å². The van der Waals surface area contributed by atoms with Crippen LogP contribution in [0.3, 0.4) is 0 Å². The Labute approximate surface area is 134 Å². The Hall–Kier alpha value is -1.69. The molecule has 0 heterocycles. The van der Waals surface area contributed by atoms with Crippen LogP contribution >= 0.6 is 7.92 Å². The molecule has 0 aliphatic heterocycles. The van der Waals surface area contributed by atoms with Crippen LogP contribution in [-0.2, 0) is 0 Å². The summed E-state index contributed by atoms with van der Waals surface area (Å²) in [5, 5.41) is 4.24. The fraction of sp³-hybridized carbons (Fsp3) is 0.200. The summed E-state index contributed by atoms with van der Waals surface area (Å²) in [6, 6.07) is 21.8. The van der Waals surface area contributed by atoms with E-state index in [0.717, 1.165) is 12.8 Å². The molecule has 1 aliphatic rings. The van der Waals surface area contributed by atoms with Gasteiger partial charge in [-0.3, -0.25) is 0 Å². The van der Waals surface area contributed by atoms with Crippen molar-refractivity contribution in [3.63, 3.8) is 0 Å². The molecule has 22 heavy (non-hydrogen) atoms. The molecule has 112 valence electrons. The SMILES string of the molecule is CC[C@@H](N)C1=C(P(c2ccccc2)c2ccccc2)C=CC1. The third-order valence-corrected chi connectivity index (χ3v) is 6.65. The Morgan fingerprint density at radius 3 is 2.00 bits per heavy atom. The number of rotatable bonds is 5. The van der Waals surface area contributed by atoms with Crippen molar-refractivity contribution in [2.75, 3.05) is 0 Å². The Morgan fingerprint density at radius 1 is 0.955 bits per heavy atom. The van der Waals surface area contributed by atoms with Gasteiger partial charge in [0.05, 0.1) is 0 Å². The maximum atomic E-state index is 6.38. The molecule has 0 fully saturated rings. The quantitative estimate of drug-likeness (QED) is 0.828. The first-order chi connectivity index (χ1) is 10.8. The van der Waals surface area contributed by atoms with Gasteiger partial charge in [0.1, 0.15) is 0 Å². The third-order valence-electron chi connectivity index (χ3n) is 4.10. The number of allylic oxidation sites excluding steroid dienone is 3. The van der Waals surface area contributed by atoms with Crippen molar-refractivity contribution >= 4 is 18.5 Å². The molecule has 0 amide bonds. The van der Waals surface area contributed by atoms with Crippen LogP contribution in [0.2, 0.25) is 0 Å². The summed E-state index contributed by atoms with van der Waals surface area (Å²) in [6.07, 6.45) is 6.56. The van der Waals surface area contributed by atoms with Crippen LogP contribution in [0.1, 0.15) is 19.8 Å². The van der Waals surface area contributed by atoms with Gasteiger partial charge in [0.2, 0.25) is 0 Å². The van der Waals surface area contributed by atoms with E-state index in [0.29, 0.717) is 0 Å². The summed E-state index contributed by atoms with van der Waals surface area (Å²) in [5.41, 5.74) is 7.79. The standard InChI is InChI=1S/C20H22NP/c1-2-19(21)18-14-9-15-20(18)22(16-10-5-3-6-11-16)17-12-7-4-8-13-17/h3-13,15,19H,2,14,21H2,1H3/t19-/m1/s1. The van der Waals surface area contributed by atoms with E-state index in [9.17, 15) is 0 Å². The highest BCUT2D eigenvalue weighted by Crippen LogP contribution is 2.48. The van der Waals surface area contributed by atoms with Crippen molar-refractivity contribution in [3.05, 3.63) is 83.7 Å². The lowest BCUT2D eigenvalue weighted by molar-refractivity contribution is 0.727. The van der Waals surface area contributed by atoms with Gasteiger partial charge in [-0.1, -0.05) is 79.7 Å². The highest BCUT2D eigenvalue weighted by atomic mass is 31.1. The molecule has 0 aromatic heterocycles. The minimum Gasteiger partial charge on any atom is -0.324 e. The molecule has 2 aromatic carbocycles. The van der Waals surface area contributed by atoms with Crippen LogP contribution < -0.4 is 16.3 Å². The lowest BCUT2D eigenvalue weighted by atomic mass is 10.1. The van der Waals surface area contributed by atoms with Crippen LogP contribution in [0.4, 0.5) is 0 Å². The lowest BCUT2D eigenvalue weighted by Gasteiger charge is -2.23. The van der Waals surface area contributed by atoms with Crippen molar-refractivity contribution in [1.29, 1.82) is 0 Å². The first kappa shape index (κ1) is 15.2. The molecule has 3 rings (SSSR count). The first-order valence-electron chi connectivity index (χ1n) is 7.86. The molecular weight excluding hydrogens is 285 g/mol. The number of benzene rings is 2. The molecule has 2 aromatic rings. The van der Waals surface area contributed by atoms with E-state index in [4.69, 9.17) is 5.73 Å². The maximum Gasteiger partial charge on any atom is 0.0263 e. The first-order valence-corrected chi connectivity index (χ1v) is 9.21. The van der Waals surface area contributed by atoms with Gasteiger partial charge in [0, 0.05) is 6.04 Å². The highest BCUT2D eigenvalue weighted by Gasteiger charge is 2.24. The van der Waals surface area contributed by atoms with Crippen molar-refractivity contribution in [2.45, 2.75) is 25.8 Å². The van der Waals surface area contributed by atoms with E-state index in [1.807, 2.05) is 0 Å². The predicted octanol–water partition coefficient (Wildman–Crippen LogP) is 4.07. The maximum absolute atomic E-state index is 6.38. The van der Waals surface area contributed by atoms with Crippen LogP contribution in [0.5, 0.6) is 0 Å². The van der Waals surface area contributed by atoms with Gasteiger partial charge in [-0.25, -0.2) is 0 Å². The van der Waals surface area contributed by atoms with Crippen molar-refractivity contribution in [1.82, 2.24) is 0 Å². The van der Waals surface area contributed by atoms with Crippen molar-refractivity contribution in [2.24, 2.45) is 5.73 Å². The van der Waals surface area contributed by atoms with E-state index >= 15 is 0 Å². The Balaban J connectivity index is 2.12. The molecule has 0 unspecified atom stereocenters. The van der Waals surface area contributed by atoms with Gasteiger partial charge < -0.3 is 5.73 Å². The highest BCUT2D eigenvalue weighted by molar-refractivity contribution is 7.77. The van der Waals surface area contributed by atoms with E-state index < -0.39 is 7.92 Å². The number of hydrogen-bond donors (Lipinski definition) is 1. The second kappa shape index (κ2) is 7.05. The number of hydrogen-bond acceptors (Lipinski definition) is 1. The van der Waals surface area contributed by atoms with Crippen molar-refractivity contribution < 1.29 is 0 Å². The second-order valence-electron chi connectivity index (χ2n) is 5.54. The van der Waals surface area contributed by atoms with Crippen molar-refractivity contribution in [3.8, 4) is 0 Å². The van der Waals surface area contributed by atoms with Gasteiger partial charge in [0.25, 0.3) is 0 Å². The molecule has 0 saturated carbocycles. The topological polar surface area (TPSA) is 26.0 Å². The Morgan fingerprint density at radius 2 is 1.50 bits per heavy atom. The molecule has 2 heteroatoms. The molecule has 1 atom stereocenters. The molecule has 0 spiro atoms. The Kier molecular flexibility index (Phi) is 4.87. The minimum absolute atomic E-state index is 0.169.